The second-order valence-electron chi connectivity index (χ2n) is 6.25. The normalized spacial score (nSPS) is 13.6. The van der Waals surface area contributed by atoms with E-state index in [2.05, 4.69) is 15.2 Å². The molecule has 0 saturated carbocycles. The zero-order valence-electron chi connectivity index (χ0n) is 17.0. The summed E-state index contributed by atoms with van der Waals surface area (Å²) in [5.41, 5.74) is 0.00970. The maximum Gasteiger partial charge on any atom is 0.333 e. The molecule has 0 bridgehead atoms. The number of likely N-dealkylation sites (N-methyl/N-ethyl adjacent to an activating group) is 1. The average molecular weight is 417 g/mol. The van der Waals surface area contributed by atoms with Crippen LogP contribution in [0.1, 0.15) is 12.5 Å². The first-order chi connectivity index (χ1) is 14.2. The van der Waals surface area contributed by atoms with Crippen molar-refractivity contribution >= 4 is 34.9 Å². The van der Waals surface area contributed by atoms with Crippen LogP contribution in [0.15, 0.2) is 52.2 Å². The molecular weight excluding hydrogens is 395 g/mol. The standard InChI is InChI=1S/C20H22F3N7/c1-5-13(11-26-2)16(7-6-10-24)28-30(4)19(25)20(22,23)15-8-9-17-14(18(15)21)12-29(3)27-17/h5-12,24-25H,1-4H3/b7-6-,13-5+,24-10?,25-19?,26-11?,28-16+. The highest BCUT2D eigenvalue weighted by Crippen LogP contribution is 2.35. The van der Waals surface area contributed by atoms with E-state index in [1.165, 1.54) is 42.4 Å². The molecule has 0 aliphatic carbocycles. The number of hydrazone groups is 1. The van der Waals surface area contributed by atoms with Gasteiger partial charge in [-0.25, -0.2) is 9.40 Å². The molecule has 10 heteroatoms. The molecule has 158 valence electrons. The molecule has 30 heavy (non-hydrogen) atoms. The molecule has 2 aromatic rings. The predicted octanol–water partition coefficient (Wildman–Crippen LogP) is 3.92. The topological polar surface area (TPSA) is 93.5 Å². The number of aryl methyl sites for hydroxylation is 1. The van der Waals surface area contributed by atoms with Gasteiger partial charge in [-0.1, -0.05) is 6.08 Å². The van der Waals surface area contributed by atoms with Crippen molar-refractivity contribution in [1.82, 2.24) is 14.8 Å². The number of benzene rings is 1. The Hall–Kier alpha value is -3.56. The van der Waals surface area contributed by atoms with Crippen LogP contribution >= 0.6 is 0 Å². The zero-order chi connectivity index (χ0) is 22.5. The molecular formula is C20H22F3N7. The van der Waals surface area contributed by atoms with Crippen molar-refractivity contribution in [3.8, 4) is 0 Å². The van der Waals surface area contributed by atoms with Crippen LogP contribution in [-0.2, 0) is 13.0 Å². The van der Waals surface area contributed by atoms with E-state index in [4.69, 9.17) is 10.8 Å². The van der Waals surface area contributed by atoms with Gasteiger partial charge in [-0.05, 0) is 31.2 Å². The summed E-state index contributed by atoms with van der Waals surface area (Å²) >= 11 is 0. The van der Waals surface area contributed by atoms with Crippen LogP contribution in [0.2, 0.25) is 0 Å². The van der Waals surface area contributed by atoms with Gasteiger partial charge in [-0.15, -0.1) is 0 Å². The van der Waals surface area contributed by atoms with E-state index in [9.17, 15) is 4.39 Å². The molecule has 0 unspecified atom stereocenters. The lowest BCUT2D eigenvalue weighted by atomic mass is 10.0. The Morgan fingerprint density at radius 1 is 1.33 bits per heavy atom. The molecule has 0 atom stereocenters. The second kappa shape index (κ2) is 9.29. The van der Waals surface area contributed by atoms with Crippen LogP contribution in [0.4, 0.5) is 13.2 Å². The Balaban J connectivity index is 2.48. The smallest absolute Gasteiger partial charge is 0.309 e. The minimum atomic E-state index is -3.95. The van der Waals surface area contributed by atoms with Gasteiger partial charge in [0.25, 0.3) is 0 Å². The molecule has 2 N–H and O–H groups in total. The maximum absolute atomic E-state index is 15.0. The predicted molar refractivity (Wildman–Crippen MR) is 114 cm³/mol. The Bertz CT molecular complexity index is 1080. The number of hydrogen-bond acceptors (Lipinski definition) is 5. The molecule has 1 heterocycles. The number of aliphatic imine (C=N–C) groups is 1. The number of halogens is 3. The van der Waals surface area contributed by atoms with Gasteiger partial charge in [0.2, 0.25) is 0 Å². The lowest BCUT2D eigenvalue weighted by molar-refractivity contribution is 0.0572. The third-order valence-electron chi connectivity index (χ3n) is 4.18. The summed E-state index contributed by atoms with van der Waals surface area (Å²) in [6, 6.07) is 2.21. The molecule has 1 aromatic heterocycles. The van der Waals surface area contributed by atoms with Crippen molar-refractivity contribution in [3.05, 3.63) is 53.5 Å². The molecule has 1 aromatic carbocycles. The molecule has 0 amide bonds. The van der Waals surface area contributed by atoms with E-state index >= 15 is 8.78 Å². The quantitative estimate of drug-likeness (QED) is 0.406. The zero-order valence-corrected chi connectivity index (χ0v) is 17.0. The third kappa shape index (κ3) is 4.53. The first kappa shape index (κ1) is 22.7. The van der Waals surface area contributed by atoms with Gasteiger partial charge in [0.05, 0.1) is 22.2 Å². The molecule has 0 aliphatic rings. The van der Waals surface area contributed by atoms with Gasteiger partial charge in [0.15, 0.2) is 5.84 Å². The lowest BCUT2D eigenvalue weighted by Gasteiger charge is -2.24. The summed E-state index contributed by atoms with van der Waals surface area (Å²) in [6.07, 6.45) is 8.22. The van der Waals surface area contributed by atoms with E-state index in [0.29, 0.717) is 10.6 Å². The van der Waals surface area contributed by atoms with Crippen molar-refractivity contribution < 1.29 is 13.2 Å². The highest BCUT2D eigenvalue weighted by Gasteiger charge is 2.43. The van der Waals surface area contributed by atoms with Gasteiger partial charge in [-0.3, -0.25) is 15.1 Å². The van der Waals surface area contributed by atoms with Crippen molar-refractivity contribution in [1.29, 1.82) is 10.8 Å². The highest BCUT2D eigenvalue weighted by molar-refractivity contribution is 6.22. The molecule has 0 aliphatic heterocycles. The number of fused-ring (bicyclic) bond motifs is 1. The largest absolute Gasteiger partial charge is 0.333 e. The summed E-state index contributed by atoms with van der Waals surface area (Å²) in [5, 5.41) is 23.8. The van der Waals surface area contributed by atoms with E-state index in [1.54, 1.807) is 27.1 Å². The summed E-state index contributed by atoms with van der Waals surface area (Å²) in [7, 11) is 4.27. The molecule has 7 nitrogen and oxygen atoms in total. The fraction of sp³-hybridized carbons (Fsp3) is 0.250. The van der Waals surface area contributed by atoms with Crippen LogP contribution in [0.5, 0.6) is 0 Å². The molecule has 0 fully saturated rings. The third-order valence-corrected chi connectivity index (χ3v) is 4.18. The molecule has 2 rings (SSSR count). The monoisotopic (exact) mass is 417 g/mol. The molecule has 0 spiro atoms. The van der Waals surface area contributed by atoms with Crippen LogP contribution in [0.3, 0.4) is 0 Å². The summed E-state index contributed by atoms with van der Waals surface area (Å²) in [5.74, 6) is -6.30. The fourth-order valence-electron chi connectivity index (χ4n) is 2.72. The minimum absolute atomic E-state index is 0.0569. The van der Waals surface area contributed by atoms with E-state index in [-0.39, 0.29) is 16.6 Å². The van der Waals surface area contributed by atoms with Crippen LogP contribution in [-0.4, -0.2) is 52.9 Å². The Morgan fingerprint density at radius 3 is 2.63 bits per heavy atom. The number of nitrogens with zero attached hydrogens (tertiary/aromatic N) is 5. The van der Waals surface area contributed by atoms with Gasteiger partial charge in [0.1, 0.15) is 5.82 Å². The number of amidine groups is 1. The maximum atomic E-state index is 15.0. The van der Waals surface area contributed by atoms with Gasteiger partial charge in [-0.2, -0.15) is 19.0 Å². The first-order valence-corrected chi connectivity index (χ1v) is 8.84. The van der Waals surface area contributed by atoms with Crippen LogP contribution in [0.25, 0.3) is 10.9 Å². The Kier molecular flexibility index (Phi) is 7.04. The van der Waals surface area contributed by atoms with Crippen molar-refractivity contribution in [2.45, 2.75) is 12.8 Å². The average Bonchev–Trinajstić information content (AvgIpc) is 3.10. The van der Waals surface area contributed by atoms with Gasteiger partial charge >= 0.3 is 5.92 Å². The molecule has 0 radical (unpaired) electrons. The van der Waals surface area contributed by atoms with E-state index < -0.39 is 23.1 Å². The van der Waals surface area contributed by atoms with Gasteiger partial charge in [0, 0.05) is 45.3 Å². The number of aromatic nitrogens is 2. The summed E-state index contributed by atoms with van der Waals surface area (Å²) in [6.45, 7) is 1.71. The number of rotatable bonds is 7. The number of nitrogens with one attached hydrogen (secondary N) is 2. The Morgan fingerprint density at radius 2 is 2.03 bits per heavy atom. The Labute approximate surface area is 171 Å². The SMILES string of the molecule is C/C=C(C=NC)/C(/C=C\C=N)=N/N(C)C(=N)C(F)(F)c1ccc2nn(C)cc2c1F. The number of allylic oxidation sites excluding steroid dienone is 4. The minimum Gasteiger partial charge on any atom is -0.309 e. The second-order valence-corrected chi connectivity index (χ2v) is 6.25. The molecule has 0 saturated heterocycles. The van der Waals surface area contributed by atoms with Crippen molar-refractivity contribution in [3.63, 3.8) is 0 Å². The number of hydrogen-bond donors (Lipinski definition) is 2. The summed E-state index contributed by atoms with van der Waals surface area (Å²) < 4.78 is 46.2. The number of alkyl halides is 2. The fourth-order valence-corrected chi connectivity index (χ4v) is 2.72. The van der Waals surface area contributed by atoms with Gasteiger partial charge < -0.3 is 5.41 Å². The van der Waals surface area contributed by atoms with Crippen molar-refractivity contribution in [2.24, 2.45) is 17.1 Å². The first-order valence-electron chi connectivity index (χ1n) is 8.84. The van der Waals surface area contributed by atoms with E-state index in [1.807, 2.05) is 0 Å². The summed E-state index contributed by atoms with van der Waals surface area (Å²) in [4.78, 5) is 3.88. The van der Waals surface area contributed by atoms with E-state index in [0.717, 1.165) is 12.3 Å². The highest BCUT2D eigenvalue weighted by atomic mass is 19.3. The van der Waals surface area contributed by atoms with Crippen molar-refractivity contribution in [2.75, 3.05) is 14.1 Å². The van der Waals surface area contributed by atoms with Crippen LogP contribution in [0, 0.1) is 16.6 Å². The lowest BCUT2D eigenvalue weighted by Crippen LogP contribution is -2.37. The van der Waals surface area contributed by atoms with Crippen LogP contribution < -0.4 is 0 Å².